The number of terminal acetylenes is 1. The van der Waals surface area contributed by atoms with Crippen LogP contribution in [0.25, 0.3) is 11.0 Å². The van der Waals surface area contributed by atoms with E-state index in [4.69, 9.17) is 6.42 Å². The number of benzene rings is 1. The lowest BCUT2D eigenvalue weighted by Gasteiger charge is -2.04. The van der Waals surface area contributed by atoms with E-state index in [2.05, 4.69) is 21.2 Å². The second kappa shape index (κ2) is 4.41. The van der Waals surface area contributed by atoms with E-state index in [9.17, 15) is 4.79 Å². The van der Waals surface area contributed by atoms with Crippen LogP contribution in [0.1, 0.15) is 10.4 Å². The predicted molar refractivity (Wildman–Crippen MR) is 60.7 cm³/mol. The fraction of sp³-hybridized carbons (Fsp3) is 0.0833. The van der Waals surface area contributed by atoms with Crippen LogP contribution in [-0.2, 0) is 0 Å². The molecule has 2 aromatic rings. The maximum absolute atomic E-state index is 11.7. The third kappa shape index (κ3) is 1.84. The van der Waals surface area contributed by atoms with Gasteiger partial charge < -0.3 is 5.32 Å². The van der Waals surface area contributed by atoms with E-state index in [1.165, 1.54) is 0 Å². The van der Waals surface area contributed by atoms with E-state index >= 15 is 0 Å². The van der Waals surface area contributed by atoms with Crippen LogP contribution in [0.5, 0.6) is 0 Å². The summed E-state index contributed by atoms with van der Waals surface area (Å²) in [6.45, 7) is 0.204. The summed E-state index contributed by atoms with van der Waals surface area (Å²) in [5, 5.41) is 2.60. The van der Waals surface area contributed by atoms with Gasteiger partial charge in [-0.2, -0.15) is 0 Å². The van der Waals surface area contributed by atoms with Crippen molar-refractivity contribution in [3.63, 3.8) is 0 Å². The van der Waals surface area contributed by atoms with Crippen LogP contribution in [0.4, 0.5) is 0 Å². The largest absolute Gasteiger partial charge is 0.341 e. The molecule has 16 heavy (non-hydrogen) atoms. The first-order chi connectivity index (χ1) is 7.83. The van der Waals surface area contributed by atoms with Crippen molar-refractivity contribution in [2.24, 2.45) is 0 Å². The molecule has 0 aliphatic rings. The van der Waals surface area contributed by atoms with Crippen molar-refractivity contribution in [1.29, 1.82) is 0 Å². The van der Waals surface area contributed by atoms with Gasteiger partial charge in [0.2, 0.25) is 0 Å². The summed E-state index contributed by atoms with van der Waals surface area (Å²) in [4.78, 5) is 20.0. The van der Waals surface area contributed by atoms with E-state index in [-0.39, 0.29) is 12.5 Å². The number of rotatable bonds is 2. The van der Waals surface area contributed by atoms with E-state index in [0.29, 0.717) is 16.6 Å². The van der Waals surface area contributed by atoms with Crippen molar-refractivity contribution in [3.8, 4) is 12.3 Å². The van der Waals surface area contributed by atoms with Crippen LogP contribution in [0.15, 0.2) is 30.6 Å². The monoisotopic (exact) mass is 211 g/mol. The summed E-state index contributed by atoms with van der Waals surface area (Å²) in [5.74, 6) is 2.12. The molecule has 0 bridgehead atoms. The Morgan fingerprint density at radius 2 is 2.19 bits per heavy atom. The zero-order valence-corrected chi connectivity index (χ0v) is 8.47. The Labute approximate surface area is 92.7 Å². The van der Waals surface area contributed by atoms with Crippen LogP contribution in [0, 0.1) is 12.3 Å². The summed E-state index contributed by atoms with van der Waals surface area (Å²) < 4.78 is 0. The van der Waals surface area contributed by atoms with Crippen LogP contribution < -0.4 is 5.32 Å². The van der Waals surface area contributed by atoms with Gasteiger partial charge in [0.1, 0.15) is 5.52 Å². The normalized spacial score (nSPS) is 9.69. The number of amides is 1. The fourth-order valence-electron chi connectivity index (χ4n) is 1.40. The molecule has 1 N–H and O–H groups in total. The van der Waals surface area contributed by atoms with Gasteiger partial charge in [0.25, 0.3) is 5.91 Å². The minimum absolute atomic E-state index is 0.204. The number of para-hydroxylation sites is 1. The van der Waals surface area contributed by atoms with Crippen LogP contribution in [0.3, 0.4) is 0 Å². The Morgan fingerprint density at radius 1 is 1.38 bits per heavy atom. The molecule has 1 aromatic carbocycles. The van der Waals surface area contributed by atoms with Crippen LogP contribution >= 0.6 is 0 Å². The number of carbonyl (C=O) groups excluding carboxylic acids is 1. The second-order valence-corrected chi connectivity index (χ2v) is 3.12. The molecule has 0 spiro atoms. The highest BCUT2D eigenvalue weighted by atomic mass is 16.1. The molecule has 0 radical (unpaired) electrons. The second-order valence-electron chi connectivity index (χ2n) is 3.12. The average molecular weight is 211 g/mol. The Morgan fingerprint density at radius 3 is 3.00 bits per heavy atom. The van der Waals surface area contributed by atoms with Gasteiger partial charge in [-0.15, -0.1) is 6.42 Å². The van der Waals surface area contributed by atoms with Crippen molar-refractivity contribution in [2.45, 2.75) is 0 Å². The Bertz CT molecular complexity index is 566. The van der Waals surface area contributed by atoms with Crippen molar-refractivity contribution >= 4 is 16.9 Å². The summed E-state index contributed by atoms with van der Waals surface area (Å²) in [6, 6.07) is 5.27. The molecular formula is C12H9N3O. The first-order valence-electron chi connectivity index (χ1n) is 4.74. The Kier molecular flexibility index (Phi) is 2.79. The third-order valence-corrected chi connectivity index (χ3v) is 2.09. The fourth-order valence-corrected chi connectivity index (χ4v) is 1.40. The lowest BCUT2D eigenvalue weighted by atomic mass is 10.1. The smallest absolute Gasteiger partial charge is 0.254 e. The molecule has 1 aromatic heterocycles. The predicted octanol–water partition coefficient (Wildman–Crippen LogP) is 0.993. The highest BCUT2D eigenvalue weighted by molar-refractivity contribution is 6.04. The molecule has 0 atom stereocenters. The van der Waals surface area contributed by atoms with Gasteiger partial charge in [-0.1, -0.05) is 12.0 Å². The SMILES string of the molecule is C#CCNC(=O)c1cccc2nccnc12. The lowest BCUT2D eigenvalue weighted by Crippen LogP contribution is -2.23. The molecule has 78 valence electrons. The number of hydrogen-bond donors (Lipinski definition) is 1. The van der Waals surface area contributed by atoms with Gasteiger partial charge in [-0.05, 0) is 12.1 Å². The van der Waals surface area contributed by atoms with Gasteiger partial charge in [-0.25, -0.2) is 0 Å². The van der Waals surface area contributed by atoms with Gasteiger partial charge in [0.05, 0.1) is 17.6 Å². The first-order valence-corrected chi connectivity index (χ1v) is 4.74. The minimum atomic E-state index is -0.232. The highest BCUT2D eigenvalue weighted by Gasteiger charge is 2.09. The van der Waals surface area contributed by atoms with Crippen LogP contribution in [-0.4, -0.2) is 22.4 Å². The Hall–Kier alpha value is -2.41. The molecule has 1 amide bonds. The number of nitrogens with zero attached hydrogens (tertiary/aromatic N) is 2. The van der Waals surface area contributed by atoms with Gasteiger partial charge in [-0.3, -0.25) is 14.8 Å². The molecule has 0 fully saturated rings. The molecule has 4 nitrogen and oxygen atoms in total. The maximum Gasteiger partial charge on any atom is 0.254 e. The molecule has 0 aliphatic carbocycles. The van der Waals surface area contributed by atoms with Crippen molar-refractivity contribution in [1.82, 2.24) is 15.3 Å². The number of nitrogens with one attached hydrogen (secondary N) is 1. The van der Waals surface area contributed by atoms with Crippen molar-refractivity contribution < 1.29 is 4.79 Å². The summed E-state index contributed by atoms with van der Waals surface area (Å²) in [7, 11) is 0. The van der Waals surface area contributed by atoms with Crippen LogP contribution in [0.2, 0.25) is 0 Å². The summed E-state index contributed by atoms with van der Waals surface area (Å²) >= 11 is 0. The molecule has 0 aliphatic heterocycles. The zero-order valence-electron chi connectivity index (χ0n) is 8.47. The molecule has 0 unspecified atom stereocenters. The van der Waals surface area contributed by atoms with Gasteiger partial charge in [0.15, 0.2) is 0 Å². The van der Waals surface area contributed by atoms with Crippen molar-refractivity contribution in [3.05, 3.63) is 36.2 Å². The number of carbonyl (C=O) groups is 1. The van der Waals surface area contributed by atoms with Crippen molar-refractivity contribution in [2.75, 3.05) is 6.54 Å². The minimum Gasteiger partial charge on any atom is -0.341 e. The number of aromatic nitrogens is 2. The zero-order chi connectivity index (χ0) is 11.4. The molecular weight excluding hydrogens is 202 g/mol. The highest BCUT2D eigenvalue weighted by Crippen LogP contribution is 2.13. The molecule has 0 saturated carbocycles. The summed E-state index contributed by atoms with van der Waals surface area (Å²) in [5.41, 5.74) is 1.76. The quantitative estimate of drug-likeness (QED) is 0.754. The lowest BCUT2D eigenvalue weighted by molar-refractivity contribution is 0.0960. The number of hydrogen-bond acceptors (Lipinski definition) is 3. The maximum atomic E-state index is 11.7. The number of fused-ring (bicyclic) bond motifs is 1. The molecule has 1 heterocycles. The summed E-state index contributed by atoms with van der Waals surface area (Å²) in [6.07, 6.45) is 8.22. The third-order valence-electron chi connectivity index (χ3n) is 2.09. The Balaban J connectivity index is 2.45. The van der Waals surface area contributed by atoms with E-state index in [1.807, 2.05) is 0 Å². The van der Waals surface area contributed by atoms with E-state index in [1.54, 1.807) is 30.6 Å². The molecule has 4 heteroatoms. The van der Waals surface area contributed by atoms with E-state index in [0.717, 1.165) is 0 Å². The van der Waals surface area contributed by atoms with Gasteiger partial charge in [0, 0.05) is 12.4 Å². The topological polar surface area (TPSA) is 54.9 Å². The average Bonchev–Trinajstić information content (AvgIpc) is 2.35. The van der Waals surface area contributed by atoms with E-state index < -0.39 is 0 Å². The molecule has 0 saturated heterocycles. The standard InChI is InChI=1S/C12H9N3O/c1-2-6-15-12(16)9-4-3-5-10-11(9)14-8-7-13-10/h1,3-5,7-8H,6H2,(H,15,16). The molecule has 2 rings (SSSR count). The van der Waals surface area contributed by atoms with Gasteiger partial charge >= 0.3 is 0 Å². The first kappa shape index (κ1) is 10.1.